The van der Waals surface area contributed by atoms with E-state index in [2.05, 4.69) is 10.6 Å². The van der Waals surface area contributed by atoms with Gasteiger partial charge in [0.1, 0.15) is 17.9 Å². The van der Waals surface area contributed by atoms with Gasteiger partial charge in [-0.05, 0) is 50.8 Å². The number of hydrogen-bond acceptors (Lipinski definition) is 5. The molecule has 2 atom stereocenters. The van der Waals surface area contributed by atoms with Crippen molar-refractivity contribution in [1.29, 1.82) is 0 Å². The lowest BCUT2D eigenvalue weighted by Gasteiger charge is -2.21. The molecule has 1 aromatic carbocycles. The highest BCUT2D eigenvalue weighted by Crippen LogP contribution is 2.42. The van der Waals surface area contributed by atoms with E-state index in [-0.39, 0.29) is 16.6 Å². The number of imide groups is 1. The first kappa shape index (κ1) is 20.1. The molecule has 1 aliphatic heterocycles. The molecular formula is C18H19ClFN3O5. The van der Waals surface area contributed by atoms with Gasteiger partial charge in [-0.25, -0.2) is 9.18 Å². The third-order valence-corrected chi connectivity index (χ3v) is 5.14. The second kappa shape index (κ2) is 7.38. The number of rotatable bonds is 6. The Morgan fingerprint density at radius 1 is 1.43 bits per heavy atom. The molecule has 1 aliphatic carbocycles. The van der Waals surface area contributed by atoms with Gasteiger partial charge in [0.05, 0.1) is 5.02 Å². The first-order valence-electron chi connectivity index (χ1n) is 8.71. The lowest BCUT2D eigenvalue weighted by molar-refractivity contribution is -0.155. The quantitative estimate of drug-likeness (QED) is 0.550. The Balaban J connectivity index is 1.55. The third kappa shape index (κ3) is 3.94. The summed E-state index contributed by atoms with van der Waals surface area (Å²) in [5, 5.41) is 4.89. The van der Waals surface area contributed by atoms with Gasteiger partial charge in [0, 0.05) is 5.69 Å². The molecule has 0 radical (unpaired) electrons. The number of carbonyl (C=O) groups excluding carboxylic acids is 4. The summed E-state index contributed by atoms with van der Waals surface area (Å²) < 4.78 is 18.2. The Kier molecular flexibility index (Phi) is 5.29. The number of halogens is 2. The molecule has 2 fully saturated rings. The van der Waals surface area contributed by atoms with Crippen LogP contribution in [-0.2, 0) is 19.1 Å². The predicted molar refractivity (Wildman–Crippen MR) is 97.0 cm³/mol. The zero-order valence-corrected chi connectivity index (χ0v) is 16.0. The van der Waals surface area contributed by atoms with Gasteiger partial charge >= 0.3 is 12.0 Å². The van der Waals surface area contributed by atoms with Crippen molar-refractivity contribution in [3.05, 3.63) is 29.0 Å². The predicted octanol–water partition coefficient (Wildman–Crippen LogP) is 2.07. The van der Waals surface area contributed by atoms with Gasteiger partial charge in [0.15, 0.2) is 6.10 Å². The summed E-state index contributed by atoms with van der Waals surface area (Å²) in [7, 11) is 0. The van der Waals surface area contributed by atoms with Crippen molar-refractivity contribution < 1.29 is 28.3 Å². The molecule has 2 aliphatic rings. The minimum absolute atomic E-state index is 0.0669. The largest absolute Gasteiger partial charge is 0.451 e. The number of hydrogen-bond donors (Lipinski definition) is 2. The summed E-state index contributed by atoms with van der Waals surface area (Å²) in [5.74, 6) is -2.61. The minimum Gasteiger partial charge on any atom is -0.451 e. The molecule has 28 heavy (non-hydrogen) atoms. The Morgan fingerprint density at radius 2 is 2.11 bits per heavy atom. The van der Waals surface area contributed by atoms with Gasteiger partial charge in [-0.1, -0.05) is 11.6 Å². The Morgan fingerprint density at radius 3 is 2.71 bits per heavy atom. The summed E-state index contributed by atoms with van der Waals surface area (Å²) in [6.45, 7) is 2.38. The van der Waals surface area contributed by atoms with E-state index in [1.54, 1.807) is 6.92 Å². The van der Waals surface area contributed by atoms with Crippen LogP contribution in [0.4, 0.5) is 14.9 Å². The van der Waals surface area contributed by atoms with Crippen LogP contribution in [0.1, 0.15) is 26.7 Å². The van der Waals surface area contributed by atoms with Crippen LogP contribution in [0.5, 0.6) is 0 Å². The lowest BCUT2D eigenvalue weighted by Crippen LogP contribution is -2.46. The average Bonchev–Trinajstić information content (AvgIpc) is 3.44. The maximum absolute atomic E-state index is 13.2. The normalized spacial score (nSPS) is 22.6. The van der Waals surface area contributed by atoms with E-state index >= 15 is 0 Å². The van der Waals surface area contributed by atoms with Crippen molar-refractivity contribution in [2.75, 3.05) is 11.9 Å². The first-order chi connectivity index (χ1) is 13.1. The molecular weight excluding hydrogens is 393 g/mol. The molecule has 1 aromatic rings. The molecule has 1 saturated heterocycles. The maximum atomic E-state index is 13.2. The van der Waals surface area contributed by atoms with Crippen molar-refractivity contribution in [2.45, 2.75) is 38.3 Å². The highest BCUT2D eigenvalue weighted by atomic mass is 35.5. The van der Waals surface area contributed by atoms with Crippen LogP contribution in [0.15, 0.2) is 18.2 Å². The van der Waals surface area contributed by atoms with Crippen molar-refractivity contribution in [3.63, 3.8) is 0 Å². The molecule has 10 heteroatoms. The number of ether oxygens (including phenoxy) is 1. The molecule has 4 amide bonds. The Bertz CT molecular complexity index is 860. The second-order valence-corrected chi connectivity index (χ2v) is 7.46. The van der Waals surface area contributed by atoms with E-state index in [0.29, 0.717) is 0 Å². The molecule has 0 bridgehead atoms. The van der Waals surface area contributed by atoms with Gasteiger partial charge in [-0.15, -0.1) is 0 Å². The molecule has 0 spiro atoms. The highest BCUT2D eigenvalue weighted by molar-refractivity contribution is 6.31. The fourth-order valence-corrected chi connectivity index (χ4v) is 3.21. The standard InChI is InChI=1S/C18H19ClFN3O5/c1-9(15(25)21-11-5-6-13(20)12(19)7-11)28-14(24)8-23-16(26)18(2,10-3-4-10)22-17(23)27/h5-7,9-10H,3-4,8H2,1-2H3,(H,21,25)(H,22,27)/t9-,18+/m1/s1. The van der Waals surface area contributed by atoms with Gasteiger partial charge < -0.3 is 15.4 Å². The van der Waals surface area contributed by atoms with E-state index in [9.17, 15) is 23.6 Å². The van der Waals surface area contributed by atoms with Crippen molar-refractivity contribution in [1.82, 2.24) is 10.2 Å². The first-order valence-corrected chi connectivity index (χ1v) is 9.09. The molecule has 8 nitrogen and oxygen atoms in total. The number of carbonyl (C=O) groups is 4. The maximum Gasteiger partial charge on any atom is 0.327 e. The molecule has 150 valence electrons. The fraction of sp³-hybridized carbons (Fsp3) is 0.444. The Labute approximate surface area is 165 Å². The number of nitrogens with one attached hydrogen (secondary N) is 2. The summed E-state index contributed by atoms with van der Waals surface area (Å²) in [5.41, 5.74) is -0.768. The van der Waals surface area contributed by atoms with Crippen molar-refractivity contribution in [2.24, 2.45) is 5.92 Å². The molecule has 0 unspecified atom stereocenters. The minimum atomic E-state index is -1.20. The van der Waals surface area contributed by atoms with Crippen molar-refractivity contribution in [3.8, 4) is 0 Å². The number of urea groups is 1. The van der Waals surface area contributed by atoms with Crippen LogP contribution in [0, 0.1) is 11.7 Å². The van der Waals surface area contributed by atoms with E-state index in [1.165, 1.54) is 19.1 Å². The van der Waals surface area contributed by atoms with Crippen LogP contribution < -0.4 is 10.6 Å². The van der Waals surface area contributed by atoms with Gasteiger partial charge in [0.2, 0.25) is 0 Å². The van der Waals surface area contributed by atoms with Crippen LogP contribution in [0.2, 0.25) is 5.02 Å². The highest BCUT2D eigenvalue weighted by Gasteiger charge is 2.56. The fourth-order valence-electron chi connectivity index (χ4n) is 3.03. The van der Waals surface area contributed by atoms with Gasteiger partial charge in [-0.3, -0.25) is 19.3 Å². The van der Waals surface area contributed by atoms with Crippen LogP contribution >= 0.6 is 11.6 Å². The third-order valence-electron chi connectivity index (χ3n) is 4.85. The number of benzene rings is 1. The Hall–Kier alpha value is -2.68. The number of esters is 1. The van der Waals surface area contributed by atoms with Crippen LogP contribution in [0.3, 0.4) is 0 Å². The van der Waals surface area contributed by atoms with E-state index in [0.717, 1.165) is 23.8 Å². The zero-order chi connectivity index (χ0) is 20.6. The molecule has 2 N–H and O–H groups in total. The number of anilines is 1. The van der Waals surface area contributed by atoms with E-state index in [1.807, 2.05) is 0 Å². The zero-order valence-electron chi connectivity index (χ0n) is 15.3. The molecule has 1 heterocycles. The number of amides is 4. The van der Waals surface area contributed by atoms with E-state index in [4.69, 9.17) is 16.3 Å². The van der Waals surface area contributed by atoms with Crippen LogP contribution in [0.25, 0.3) is 0 Å². The summed E-state index contributed by atoms with van der Waals surface area (Å²) in [6.07, 6.45) is 0.475. The summed E-state index contributed by atoms with van der Waals surface area (Å²) in [6, 6.07) is 2.95. The van der Waals surface area contributed by atoms with E-state index < -0.39 is 47.8 Å². The SMILES string of the molecule is C[C@@H](OC(=O)CN1C(=O)N[C@@](C)(C2CC2)C1=O)C(=O)Nc1ccc(F)c(Cl)c1. The van der Waals surface area contributed by atoms with Gasteiger partial charge in [0.25, 0.3) is 11.8 Å². The molecule has 1 saturated carbocycles. The van der Waals surface area contributed by atoms with Gasteiger partial charge in [-0.2, -0.15) is 0 Å². The topological polar surface area (TPSA) is 105 Å². The smallest absolute Gasteiger partial charge is 0.327 e. The average molecular weight is 412 g/mol. The van der Waals surface area contributed by atoms with Crippen LogP contribution in [-0.4, -0.2) is 46.9 Å². The number of nitrogens with zero attached hydrogens (tertiary/aromatic N) is 1. The monoisotopic (exact) mass is 411 g/mol. The summed E-state index contributed by atoms with van der Waals surface area (Å²) in [4.78, 5) is 49.6. The molecule has 3 rings (SSSR count). The lowest BCUT2D eigenvalue weighted by atomic mass is 9.96. The second-order valence-electron chi connectivity index (χ2n) is 7.05. The van der Waals surface area contributed by atoms with Crippen molar-refractivity contribution >= 4 is 41.1 Å². The summed E-state index contributed by atoms with van der Waals surface area (Å²) >= 11 is 5.65. The molecule has 0 aromatic heterocycles.